The summed E-state index contributed by atoms with van der Waals surface area (Å²) in [6.07, 6.45) is -3.53. The van der Waals surface area contributed by atoms with Gasteiger partial charge in [0.25, 0.3) is 0 Å². The molecular weight excluding hydrogens is 391 g/mol. The monoisotopic (exact) mass is 407 g/mol. The highest BCUT2D eigenvalue weighted by Gasteiger charge is 2.33. The number of methoxy groups -OCH3 is 3. The maximum absolute atomic E-state index is 13.2. The summed E-state index contributed by atoms with van der Waals surface area (Å²) in [6.45, 7) is 0. The van der Waals surface area contributed by atoms with E-state index in [4.69, 9.17) is 18.9 Å². The molecule has 0 spiro atoms. The highest BCUT2D eigenvalue weighted by molar-refractivity contribution is 6.13. The maximum Gasteiger partial charge on any atom is 0.416 e. The Bertz CT molecular complexity index is 986. The predicted molar refractivity (Wildman–Crippen MR) is 98.1 cm³/mol. The van der Waals surface area contributed by atoms with Gasteiger partial charge in [-0.15, -0.1) is 0 Å². The maximum atomic E-state index is 13.2. The van der Waals surface area contributed by atoms with Crippen molar-refractivity contribution >= 4 is 17.9 Å². The topological polar surface area (TPSA) is 66.4 Å². The molecule has 0 saturated carbocycles. The third-order valence-electron chi connectivity index (χ3n) is 4.09. The minimum absolute atomic E-state index is 0.0926. The summed E-state index contributed by atoms with van der Waals surface area (Å²) in [6, 6.07) is 7.90. The largest absolute Gasteiger partial charge is 0.493 e. The first-order valence-electron chi connectivity index (χ1n) is 8.27. The van der Waals surface area contributed by atoms with Crippen molar-refractivity contribution in [3.8, 4) is 17.2 Å². The summed E-state index contributed by atoms with van der Waals surface area (Å²) >= 11 is 0. The lowest BCUT2D eigenvalue weighted by atomic mass is 10.1. The summed E-state index contributed by atoms with van der Waals surface area (Å²) in [4.78, 5) is 16.2. The van der Waals surface area contributed by atoms with Gasteiger partial charge in [0, 0.05) is 5.56 Å². The number of cyclic esters (lactones) is 1. The van der Waals surface area contributed by atoms with E-state index in [0.717, 1.165) is 12.1 Å². The zero-order valence-corrected chi connectivity index (χ0v) is 15.7. The van der Waals surface area contributed by atoms with Crippen LogP contribution in [-0.2, 0) is 15.7 Å². The molecule has 3 rings (SSSR count). The molecule has 6 nitrogen and oxygen atoms in total. The number of aliphatic imine (C=N–C) groups is 1. The molecule has 2 aromatic carbocycles. The van der Waals surface area contributed by atoms with Crippen LogP contribution in [0.3, 0.4) is 0 Å². The number of ether oxygens (including phenoxy) is 4. The number of carbonyl (C=O) groups is 1. The molecule has 0 bridgehead atoms. The SMILES string of the molecule is COc1cc(C2=N/C(=C\c3ccccc3C(F)(F)F)C(=O)O2)cc(OC)c1OC. The summed E-state index contributed by atoms with van der Waals surface area (Å²) < 4.78 is 60.4. The molecule has 0 radical (unpaired) electrons. The van der Waals surface area contributed by atoms with E-state index in [-0.39, 0.29) is 17.2 Å². The van der Waals surface area contributed by atoms with E-state index < -0.39 is 17.7 Å². The van der Waals surface area contributed by atoms with E-state index >= 15 is 0 Å². The lowest BCUT2D eigenvalue weighted by molar-refractivity contribution is -0.137. The zero-order valence-electron chi connectivity index (χ0n) is 15.7. The molecule has 1 aliphatic heterocycles. The van der Waals surface area contributed by atoms with E-state index in [0.29, 0.717) is 22.8 Å². The van der Waals surface area contributed by atoms with Gasteiger partial charge in [-0.1, -0.05) is 18.2 Å². The molecule has 0 unspecified atom stereocenters. The molecule has 0 fully saturated rings. The zero-order chi connectivity index (χ0) is 21.2. The highest BCUT2D eigenvalue weighted by Crippen LogP contribution is 2.39. The number of hydrogen-bond acceptors (Lipinski definition) is 6. The number of benzene rings is 2. The number of carbonyl (C=O) groups excluding carboxylic acids is 1. The van der Waals surface area contributed by atoms with Crippen molar-refractivity contribution in [2.24, 2.45) is 4.99 Å². The second-order valence-corrected chi connectivity index (χ2v) is 5.84. The minimum Gasteiger partial charge on any atom is -0.493 e. The fraction of sp³-hybridized carbons (Fsp3) is 0.200. The molecule has 9 heteroatoms. The average Bonchev–Trinajstić information content (AvgIpc) is 3.06. The molecule has 1 aliphatic rings. The van der Waals surface area contributed by atoms with E-state index in [1.165, 1.54) is 51.7 Å². The molecule has 1 heterocycles. The van der Waals surface area contributed by atoms with E-state index in [1.54, 1.807) is 0 Å². The van der Waals surface area contributed by atoms with Gasteiger partial charge in [0.2, 0.25) is 11.6 Å². The molecule has 152 valence electrons. The number of esters is 1. The van der Waals surface area contributed by atoms with Crippen LogP contribution in [0.1, 0.15) is 16.7 Å². The van der Waals surface area contributed by atoms with Gasteiger partial charge in [0.05, 0.1) is 26.9 Å². The van der Waals surface area contributed by atoms with Gasteiger partial charge in [-0.05, 0) is 29.8 Å². The summed E-state index contributed by atoms with van der Waals surface area (Å²) in [5.41, 5.74) is -0.996. The molecule has 0 aliphatic carbocycles. The van der Waals surface area contributed by atoms with Crippen molar-refractivity contribution < 1.29 is 36.9 Å². The van der Waals surface area contributed by atoms with E-state index in [9.17, 15) is 18.0 Å². The van der Waals surface area contributed by atoms with Crippen LogP contribution in [0.15, 0.2) is 47.1 Å². The summed E-state index contributed by atoms with van der Waals surface area (Å²) in [7, 11) is 4.28. The van der Waals surface area contributed by atoms with Crippen LogP contribution in [0.4, 0.5) is 13.2 Å². The lowest BCUT2D eigenvalue weighted by Gasteiger charge is -2.13. The average molecular weight is 407 g/mol. The number of alkyl halides is 3. The standard InChI is InChI=1S/C20H16F3NO5/c1-26-15-9-12(10-16(27-2)17(15)28-3)18-24-14(19(25)29-18)8-11-6-4-5-7-13(11)20(21,22)23/h4-10H,1-3H3/b14-8-. The third kappa shape index (κ3) is 4.03. The second kappa shape index (κ2) is 7.86. The Morgan fingerprint density at radius 1 is 1.00 bits per heavy atom. The Labute approximate surface area is 164 Å². The van der Waals surface area contributed by atoms with Gasteiger partial charge < -0.3 is 18.9 Å². The summed E-state index contributed by atoms with van der Waals surface area (Å²) in [5, 5.41) is 0. The molecule has 0 atom stereocenters. The molecular formula is C20H16F3NO5. The van der Waals surface area contributed by atoms with Crippen molar-refractivity contribution in [1.82, 2.24) is 0 Å². The quantitative estimate of drug-likeness (QED) is 0.552. The van der Waals surface area contributed by atoms with Gasteiger partial charge >= 0.3 is 12.1 Å². The Morgan fingerprint density at radius 2 is 1.62 bits per heavy atom. The molecule has 2 aromatic rings. The van der Waals surface area contributed by atoms with Crippen molar-refractivity contribution in [2.75, 3.05) is 21.3 Å². The Kier molecular flexibility index (Phi) is 5.49. The van der Waals surface area contributed by atoms with Crippen LogP contribution in [0.25, 0.3) is 6.08 Å². The fourth-order valence-electron chi connectivity index (χ4n) is 2.77. The van der Waals surface area contributed by atoms with Crippen LogP contribution < -0.4 is 14.2 Å². The van der Waals surface area contributed by atoms with Crippen LogP contribution in [0.5, 0.6) is 17.2 Å². The van der Waals surface area contributed by atoms with E-state index in [1.807, 2.05) is 0 Å². The first kappa shape index (κ1) is 20.2. The lowest BCUT2D eigenvalue weighted by Crippen LogP contribution is -2.08. The van der Waals surface area contributed by atoms with Crippen molar-refractivity contribution in [1.29, 1.82) is 0 Å². The Balaban J connectivity index is 2.05. The molecule has 0 saturated heterocycles. The third-order valence-corrected chi connectivity index (χ3v) is 4.09. The second-order valence-electron chi connectivity index (χ2n) is 5.84. The van der Waals surface area contributed by atoms with Gasteiger partial charge in [0.15, 0.2) is 17.2 Å². The van der Waals surface area contributed by atoms with Gasteiger partial charge in [-0.3, -0.25) is 0 Å². The van der Waals surface area contributed by atoms with Crippen LogP contribution >= 0.6 is 0 Å². The van der Waals surface area contributed by atoms with Gasteiger partial charge in [0.1, 0.15) is 0 Å². The van der Waals surface area contributed by atoms with Crippen LogP contribution in [0, 0.1) is 0 Å². The number of halogens is 3. The van der Waals surface area contributed by atoms with Gasteiger partial charge in [-0.2, -0.15) is 13.2 Å². The Morgan fingerprint density at radius 3 is 2.17 bits per heavy atom. The minimum atomic E-state index is -4.57. The molecule has 0 amide bonds. The molecule has 29 heavy (non-hydrogen) atoms. The highest BCUT2D eigenvalue weighted by atomic mass is 19.4. The van der Waals surface area contributed by atoms with Crippen LogP contribution in [0.2, 0.25) is 0 Å². The number of hydrogen-bond donors (Lipinski definition) is 0. The van der Waals surface area contributed by atoms with Crippen molar-refractivity contribution in [2.45, 2.75) is 6.18 Å². The van der Waals surface area contributed by atoms with Crippen molar-refractivity contribution in [3.63, 3.8) is 0 Å². The normalized spacial score (nSPS) is 15.2. The molecule has 0 aromatic heterocycles. The fourth-order valence-corrected chi connectivity index (χ4v) is 2.77. The van der Waals surface area contributed by atoms with Gasteiger partial charge in [-0.25, -0.2) is 9.79 Å². The first-order chi connectivity index (χ1) is 13.8. The molecule has 0 N–H and O–H groups in total. The Hall–Kier alpha value is -3.49. The van der Waals surface area contributed by atoms with E-state index in [2.05, 4.69) is 4.99 Å². The predicted octanol–water partition coefficient (Wildman–Crippen LogP) is 4.08. The van der Waals surface area contributed by atoms with Crippen molar-refractivity contribution in [3.05, 3.63) is 58.8 Å². The number of rotatable bonds is 5. The smallest absolute Gasteiger partial charge is 0.416 e. The summed E-state index contributed by atoms with van der Waals surface area (Å²) in [5.74, 6) is -0.0184. The van der Waals surface area contributed by atoms with Crippen LogP contribution in [-0.4, -0.2) is 33.2 Å². The first-order valence-corrected chi connectivity index (χ1v) is 8.27. The number of nitrogens with zero attached hydrogens (tertiary/aromatic N) is 1.